The van der Waals surface area contributed by atoms with Gasteiger partial charge in [0, 0.05) is 23.7 Å². The minimum absolute atomic E-state index is 0.0110. The van der Waals surface area contributed by atoms with Crippen molar-refractivity contribution >= 4 is 5.91 Å². The van der Waals surface area contributed by atoms with Crippen molar-refractivity contribution in [2.75, 3.05) is 6.54 Å². The Morgan fingerprint density at radius 1 is 0.939 bits per heavy atom. The topological polar surface area (TPSA) is 102 Å². The fraction of sp³-hybridized carbons (Fsp3) is 0.296. The molecule has 33 heavy (non-hydrogen) atoms. The Labute approximate surface area is 194 Å². The van der Waals surface area contributed by atoms with Crippen molar-refractivity contribution in [1.82, 2.24) is 10.6 Å². The number of aromatic hydroxyl groups is 1. The molecule has 3 aromatic rings. The molecular weight excluding hydrogens is 416 g/mol. The number of phenols is 1. The van der Waals surface area contributed by atoms with Crippen LogP contribution in [0.4, 0.5) is 0 Å². The third-order valence-electron chi connectivity index (χ3n) is 5.70. The van der Waals surface area contributed by atoms with Crippen LogP contribution in [0.5, 0.6) is 5.75 Å². The number of hydrogen-bond donors (Lipinski definition) is 5. The van der Waals surface area contributed by atoms with E-state index in [1.54, 1.807) is 12.1 Å². The quantitative estimate of drug-likeness (QED) is 0.326. The number of hydrogen-bond acceptors (Lipinski definition) is 5. The van der Waals surface area contributed by atoms with Crippen molar-refractivity contribution in [3.63, 3.8) is 0 Å². The predicted molar refractivity (Wildman–Crippen MR) is 129 cm³/mol. The lowest BCUT2D eigenvalue weighted by molar-refractivity contribution is 0.0939. The Morgan fingerprint density at radius 3 is 2.42 bits per heavy atom. The van der Waals surface area contributed by atoms with Crippen LogP contribution in [0, 0.1) is 0 Å². The van der Waals surface area contributed by atoms with Gasteiger partial charge in [-0.05, 0) is 61.2 Å². The Bertz CT molecular complexity index is 1050. The van der Waals surface area contributed by atoms with E-state index in [0.717, 1.165) is 11.1 Å². The average molecular weight is 449 g/mol. The Kier molecular flexibility index (Phi) is 8.60. The van der Waals surface area contributed by atoms with Crippen molar-refractivity contribution in [2.24, 2.45) is 0 Å². The van der Waals surface area contributed by atoms with E-state index < -0.39 is 6.10 Å². The maximum absolute atomic E-state index is 12.7. The second-order valence-electron chi connectivity index (χ2n) is 8.38. The van der Waals surface area contributed by atoms with Gasteiger partial charge in [-0.25, -0.2) is 0 Å². The highest BCUT2D eigenvalue weighted by molar-refractivity contribution is 5.94. The SMILES string of the molecule is C[C@H](Cc1cccc(C(=O)N[C@H](C)c2ccccc2)c1)NC[C@H](O)c1ccc(O)c(CO)c1. The summed E-state index contributed by atoms with van der Waals surface area (Å²) < 4.78 is 0. The van der Waals surface area contributed by atoms with E-state index in [2.05, 4.69) is 10.6 Å². The van der Waals surface area contributed by atoms with Gasteiger partial charge in [0.05, 0.1) is 18.8 Å². The number of rotatable bonds is 10. The van der Waals surface area contributed by atoms with E-state index >= 15 is 0 Å². The molecule has 0 radical (unpaired) electrons. The van der Waals surface area contributed by atoms with Crippen LogP contribution in [0.3, 0.4) is 0 Å². The van der Waals surface area contributed by atoms with Crippen LogP contribution in [0.1, 0.15) is 58.6 Å². The molecule has 0 aliphatic heterocycles. The molecule has 3 aromatic carbocycles. The summed E-state index contributed by atoms with van der Waals surface area (Å²) >= 11 is 0. The molecule has 0 heterocycles. The zero-order valence-corrected chi connectivity index (χ0v) is 19.0. The van der Waals surface area contributed by atoms with Gasteiger partial charge < -0.3 is 26.0 Å². The van der Waals surface area contributed by atoms with Gasteiger partial charge in [-0.15, -0.1) is 0 Å². The first-order valence-corrected chi connectivity index (χ1v) is 11.2. The monoisotopic (exact) mass is 448 g/mol. The minimum atomic E-state index is -0.769. The number of benzene rings is 3. The van der Waals surface area contributed by atoms with Crippen LogP contribution in [0.25, 0.3) is 0 Å². The molecule has 0 saturated heterocycles. The van der Waals surface area contributed by atoms with Gasteiger partial charge in [-0.1, -0.05) is 48.5 Å². The molecule has 0 aliphatic carbocycles. The third-order valence-corrected chi connectivity index (χ3v) is 5.70. The van der Waals surface area contributed by atoms with Crippen LogP contribution in [0.15, 0.2) is 72.8 Å². The first-order valence-electron chi connectivity index (χ1n) is 11.2. The molecule has 0 aliphatic rings. The highest BCUT2D eigenvalue weighted by Gasteiger charge is 2.14. The molecule has 0 bridgehead atoms. The molecule has 0 unspecified atom stereocenters. The number of nitrogens with one attached hydrogen (secondary N) is 2. The lowest BCUT2D eigenvalue weighted by atomic mass is 10.0. The van der Waals surface area contributed by atoms with Gasteiger partial charge in [0.1, 0.15) is 5.75 Å². The van der Waals surface area contributed by atoms with E-state index in [-0.39, 0.29) is 30.3 Å². The summed E-state index contributed by atoms with van der Waals surface area (Å²) in [7, 11) is 0. The van der Waals surface area contributed by atoms with Crippen molar-refractivity contribution in [2.45, 2.75) is 45.1 Å². The first kappa shape index (κ1) is 24.5. The Morgan fingerprint density at radius 2 is 1.70 bits per heavy atom. The molecule has 3 rings (SSSR count). The summed E-state index contributed by atoms with van der Waals surface area (Å²) in [5.41, 5.74) is 3.71. The molecule has 0 aromatic heterocycles. The minimum Gasteiger partial charge on any atom is -0.508 e. The highest BCUT2D eigenvalue weighted by Crippen LogP contribution is 2.22. The summed E-state index contributed by atoms with van der Waals surface area (Å²) in [6.07, 6.45) is -0.0746. The third kappa shape index (κ3) is 6.89. The molecule has 5 N–H and O–H groups in total. The van der Waals surface area contributed by atoms with Crippen LogP contribution in [-0.2, 0) is 13.0 Å². The number of aliphatic hydroxyl groups is 2. The van der Waals surface area contributed by atoms with Crippen molar-refractivity contribution < 1.29 is 20.1 Å². The molecule has 1 amide bonds. The normalized spacial score (nSPS) is 13.8. The Balaban J connectivity index is 1.54. The van der Waals surface area contributed by atoms with E-state index in [4.69, 9.17) is 0 Å². The summed E-state index contributed by atoms with van der Waals surface area (Å²) in [4.78, 5) is 12.7. The molecule has 6 nitrogen and oxygen atoms in total. The molecule has 174 valence electrons. The van der Waals surface area contributed by atoms with Gasteiger partial charge in [0.2, 0.25) is 0 Å². The molecule has 0 spiro atoms. The zero-order valence-electron chi connectivity index (χ0n) is 19.0. The fourth-order valence-electron chi connectivity index (χ4n) is 3.74. The Hall–Kier alpha value is -3.19. The van der Waals surface area contributed by atoms with Gasteiger partial charge in [0.25, 0.3) is 5.91 Å². The standard InChI is InChI=1S/C27H32N2O4/c1-18(28-16-26(32)22-11-12-25(31)24(15-22)17-30)13-20-7-6-10-23(14-20)27(33)29-19(2)21-8-4-3-5-9-21/h3-12,14-15,18-19,26,28,30-32H,13,16-17H2,1-2H3,(H,29,33)/t18-,19-,26+/m1/s1. The largest absolute Gasteiger partial charge is 0.508 e. The lowest BCUT2D eigenvalue weighted by Crippen LogP contribution is -2.32. The van der Waals surface area contributed by atoms with Gasteiger partial charge in [-0.2, -0.15) is 0 Å². The zero-order chi connectivity index (χ0) is 23.8. The van der Waals surface area contributed by atoms with Crippen molar-refractivity contribution in [1.29, 1.82) is 0 Å². The van der Waals surface area contributed by atoms with Crippen molar-refractivity contribution in [3.8, 4) is 5.75 Å². The van der Waals surface area contributed by atoms with Crippen LogP contribution >= 0.6 is 0 Å². The maximum atomic E-state index is 12.7. The fourth-order valence-corrected chi connectivity index (χ4v) is 3.74. The second-order valence-corrected chi connectivity index (χ2v) is 8.38. The number of aliphatic hydroxyl groups excluding tert-OH is 2. The van der Waals surface area contributed by atoms with Gasteiger partial charge in [0.15, 0.2) is 0 Å². The van der Waals surface area contributed by atoms with Gasteiger partial charge in [-0.3, -0.25) is 4.79 Å². The average Bonchev–Trinajstić information content (AvgIpc) is 2.83. The van der Waals surface area contributed by atoms with E-state index in [0.29, 0.717) is 29.7 Å². The molecular formula is C27H32N2O4. The maximum Gasteiger partial charge on any atom is 0.251 e. The van der Waals surface area contributed by atoms with Crippen molar-refractivity contribution in [3.05, 3.63) is 101 Å². The highest BCUT2D eigenvalue weighted by atomic mass is 16.3. The van der Waals surface area contributed by atoms with E-state index in [9.17, 15) is 20.1 Å². The number of carbonyl (C=O) groups is 1. The smallest absolute Gasteiger partial charge is 0.251 e. The van der Waals surface area contributed by atoms with Gasteiger partial charge >= 0.3 is 0 Å². The van der Waals surface area contributed by atoms with Crippen LogP contribution < -0.4 is 10.6 Å². The van der Waals surface area contributed by atoms with E-state index in [1.807, 2.05) is 68.4 Å². The molecule has 6 heteroatoms. The molecule has 3 atom stereocenters. The second kappa shape index (κ2) is 11.6. The molecule has 0 saturated carbocycles. The predicted octanol–water partition coefficient (Wildman–Crippen LogP) is 3.63. The number of amides is 1. The molecule has 0 fully saturated rings. The summed E-state index contributed by atoms with van der Waals surface area (Å²) in [6, 6.07) is 22.1. The number of carbonyl (C=O) groups excluding carboxylic acids is 1. The summed E-state index contributed by atoms with van der Waals surface area (Å²) in [5.74, 6) is -0.104. The summed E-state index contributed by atoms with van der Waals surface area (Å²) in [5, 5.41) is 35.8. The van der Waals surface area contributed by atoms with E-state index in [1.165, 1.54) is 6.07 Å². The van der Waals surface area contributed by atoms with Crippen LogP contribution in [0.2, 0.25) is 0 Å². The van der Waals surface area contributed by atoms with Crippen LogP contribution in [-0.4, -0.2) is 33.8 Å². The lowest BCUT2D eigenvalue weighted by Gasteiger charge is -2.19. The summed E-state index contributed by atoms with van der Waals surface area (Å²) in [6.45, 7) is 4.02. The first-order chi connectivity index (χ1) is 15.9.